The van der Waals surface area contributed by atoms with Crippen molar-refractivity contribution in [2.75, 3.05) is 5.32 Å². The van der Waals surface area contributed by atoms with Crippen LogP contribution < -0.4 is 10.1 Å². The maximum Gasteiger partial charge on any atom is 0.266 e. The fraction of sp³-hybridized carbons (Fsp3) is 0.0435. The summed E-state index contributed by atoms with van der Waals surface area (Å²) < 4.78 is 19.4. The molecule has 3 aromatic rings. The molecule has 0 saturated heterocycles. The lowest BCUT2D eigenvalue weighted by Crippen LogP contribution is -2.13. The van der Waals surface area contributed by atoms with Crippen molar-refractivity contribution in [1.29, 1.82) is 5.26 Å². The van der Waals surface area contributed by atoms with Crippen molar-refractivity contribution in [3.05, 3.63) is 97.7 Å². The number of hydrogen-bond acceptors (Lipinski definition) is 3. The number of carbonyl (C=O) groups excluding carboxylic acids is 1. The molecule has 0 aromatic heterocycles. The topological polar surface area (TPSA) is 62.1 Å². The highest BCUT2D eigenvalue weighted by Crippen LogP contribution is 2.29. The summed E-state index contributed by atoms with van der Waals surface area (Å²) >= 11 is 15.5. The highest BCUT2D eigenvalue weighted by Gasteiger charge is 2.11. The Morgan fingerprint density at radius 3 is 2.52 bits per heavy atom. The van der Waals surface area contributed by atoms with Crippen LogP contribution in [0.5, 0.6) is 5.75 Å². The third-order valence-corrected chi connectivity index (χ3v) is 5.34. The van der Waals surface area contributed by atoms with Crippen LogP contribution in [0.3, 0.4) is 0 Å². The second-order valence-electron chi connectivity index (χ2n) is 6.35. The number of halogens is 4. The minimum Gasteiger partial charge on any atom is -0.488 e. The summed E-state index contributed by atoms with van der Waals surface area (Å²) in [4.78, 5) is 12.3. The van der Waals surface area contributed by atoms with Crippen molar-refractivity contribution in [2.45, 2.75) is 6.61 Å². The molecule has 8 heteroatoms. The number of amides is 1. The molecule has 156 valence electrons. The van der Waals surface area contributed by atoms with Crippen LogP contribution in [0.4, 0.5) is 10.1 Å². The number of anilines is 1. The molecule has 31 heavy (non-hydrogen) atoms. The number of ether oxygens (including phenoxy) is 1. The molecule has 0 aliphatic carbocycles. The molecule has 0 aliphatic heterocycles. The van der Waals surface area contributed by atoms with E-state index in [2.05, 4.69) is 21.2 Å². The molecule has 0 saturated carbocycles. The molecule has 0 heterocycles. The van der Waals surface area contributed by atoms with Crippen molar-refractivity contribution < 1.29 is 13.9 Å². The first-order valence-electron chi connectivity index (χ1n) is 8.90. The second kappa shape index (κ2) is 10.5. The van der Waals surface area contributed by atoms with Crippen LogP contribution in [0.2, 0.25) is 10.0 Å². The average molecular weight is 520 g/mol. The van der Waals surface area contributed by atoms with Gasteiger partial charge in [0.2, 0.25) is 0 Å². The minimum atomic E-state index is -0.595. The summed E-state index contributed by atoms with van der Waals surface area (Å²) in [6.07, 6.45) is 1.45. The highest BCUT2D eigenvalue weighted by atomic mass is 79.9. The lowest BCUT2D eigenvalue weighted by Gasteiger charge is -2.10. The Morgan fingerprint density at radius 1 is 1.13 bits per heavy atom. The molecule has 3 aromatic carbocycles. The average Bonchev–Trinajstić information content (AvgIpc) is 2.74. The van der Waals surface area contributed by atoms with Gasteiger partial charge in [-0.15, -0.1) is 0 Å². The zero-order chi connectivity index (χ0) is 22.4. The normalized spacial score (nSPS) is 11.0. The Hall–Kier alpha value is -2.85. The molecule has 0 unspecified atom stereocenters. The number of carbonyl (C=O) groups is 1. The first-order valence-corrected chi connectivity index (χ1v) is 10.5. The molecular weight excluding hydrogens is 506 g/mol. The van der Waals surface area contributed by atoms with Gasteiger partial charge in [0, 0.05) is 21.3 Å². The number of hydrogen-bond donors (Lipinski definition) is 1. The van der Waals surface area contributed by atoms with Gasteiger partial charge in [-0.1, -0.05) is 35.3 Å². The fourth-order valence-corrected chi connectivity index (χ4v) is 3.54. The second-order valence-corrected chi connectivity index (χ2v) is 8.04. The van der Waals surface area contributed by atoms with Crippen LogP contribution in [-0.4, -0.2) is 5.91 Å². The van der Waals surface area contributed by atoms with Crippen LogP contribution in [0.15, 0.2) is 70.7 Å². The molecule has 0 spiro atoms. The molecule has 3 rings (SSSR count). The highest BCUT2D eigenvalue weighted by molar-refractivity contribution is 9.10. The predicted molar refractivity (Wildman–Crippen MR) is 124 cm³/mol. The summed E-state index contributed by atoms with van der Waals surface area (Å²) in [6.45, 7) is 0.243. The molecule has 0 aliphatic rings. The molecular formula is C23H14BrCl2FN2O2. The lowest BCUT2D eigenvalue weighted by molar-refractivity contribution is -0.112. The molecule has 1 amide bonds. The Labute approximate surface area is 197 Å². The standard InChI is InChI=1S/C23H14BrCl2FN2O2/c24-20-10-14(1-8-22(20)31-13-15-2-3-17(25)11-21(15)26)9-16(12-28)23(30)29-19-6-4-18(27)5-7-19/h1-11H,13H2,(H,29,30)/b16-9+. The molecule has 1 N–H and O–H groups in total. The van der Waals surface area contributed by atoms with E-state index in [0.717, 1.165) is 5.56 Å². The first-order chi connectivity index (χ1) is 14.9. The number of nitriles is 1. The quantitative estimate of drug-likeness (QED) is 0.281. The minimum absolute atomic E-state index is 0.0992. The molecule has 0 bridgehead atoms. The zero-order valence-electron chi connectivity index (χ0n) is 15.8. The van der Waals surface area contributed by atoms with Crippen LogP contribution in [0.1, 0.15) is 11.1 Å². The monoisotopic (exact) mass is 518 g/mol. The third kappa shape index (κ3) is 6.31. The number of nitrogens with one attached hydrogen (secondary N) is 1. The molecule has 4 nitrogen and oxygen atoms in total. The Bertz CT molecular complexity index is 1190. The number of nitrogens with zero attached hydrogens (tertiary/aromatic N) is 1. The van der Waals surface area contributed by atoms with E-state index >= 15 is 0 Å². The summed E-state index contributed by atoms with van der Waals surface area (Å²) in [5.41, 5.74) is 1.69. The van der Waals surface area contributed by atoms with E-state index < -0.39 is 11.7 Å². The van der Waals surface area contributed by atoms with Crippen molar-refractivity contribution in [2.24, 2.45) is 0 Å². The predicted octanol–water partition coefficient (Wildman–Crippen LogP) is 7.02. The number of rotatable bonds is 6. The van der Waals surface area contributed by atoms with E-state index in [1.165, 1.54) is 30.3 Å². The van der Waals surface area contributed by atoms with Crippen LogP contribution in [-0.2, 0) is 11.4 Å². The van der Waals surface area contributed by atoms with Gasteiger partial charge in [0.1, 0.15) is 29.8 Å². The Morgan fingerprint density at radius 2 is 1.87 bits per heavy atom. The van der Waals surface area contributed by atoms with E-state index in [0.29, 0.717) is 31.5 Å². The van der Waals surface area contributed by atoms with Gasteiger partial charge in [0.15, 0.2) is 0 Å². The third-order valence-electron chi connectivity index (χ3n) is 4.13. The SMILES string of the molecule is N#C/C(=C\c1ccc(OCc2ccc(Cl)cc2Cl)c(Br)c1)C(=O)Nc1ccc(F)cc1. The van der Waals surface area contributed by atoms with Gasteiger partial charge in [-0.3, -0.25) is 4.79 Å². The van der Waals surface area contributed by atoms with E-state index in [9.17, 15) is 14.4 Å². The molecule has 0 radical (unpaired) electrons. The van der Waals surface area contributed by atoms with Crippen molar-refractivity contribution >= 4 is 56.8 Å². The first kappa shape index (κ1) is 22.8. The van der Waals surface area contributed by atoms with Crippen LogP contribution in [0, 0.1) is 17.1 Å². The smallest absolute Gasteiger partial charge is 0.266 e. The lowest BCUT2D eigenvalue weighted by atomic mass is 10.1. The summed E-state index contributed by atoms with van der Waals surface area (Å²) in [7, 11) is 0. The summed E-state index contributed by atoms with van der Waals surface area (Å²) in [6, 6.07) is 17.5. The Kier molecular flexibility index (Phi) is 7.69. The van der Waals surface area contributed by atoms with Gasteiger partial charge in [-0.25, -0.2) is 4.39 Å². The maximum absolute atomic E-state index is 13.0. The van der Waals surface area contributed by atoms with Gasteiger partial charge in [-0.05, 0) is 76.1 Å². The van der Waals surface area contributed by atoms with Gasteiger partial charge in [-0.2, -0.15) is 5.26 Å². The fourth-order valence-electron chi connectivity index (χ4n) is 2.57. The van der Waals surface area contributed by atoms with Crippen molar-refractivity contribution in [1.82, 2.24) is 0 Å². The van der Waals surface area contributed by atoms with Gasteiger partial charge >= 0.3 is 0 Å². The Balaban J connectivity index is 1.71. The van der Waals surface area contributed by atoms with Crippen molar-refractivity contribution in [3.8, 4) is 11.8 Å². The maximum atomic E-state index is 13.0. The summed E-state index contributed by atoms with van der Waals surface area (Å²) in [5.74, 6) is -0.445. The van der Waals surface area contributed by atoms with Crippen LogP contribution >= 0.6 is 39.1 Å². The zero-order valence-corrected chi connectivity index (χ0v) is 18.9. The number of benzene rings is 3. The van der Waals surface area contributed by atoms with Crippen LogP contribution in [0.25, 0.3) is 6.08 Å². The van der Waals surface area contributed by atoms with E-state index in [4.69, 9.17) is 27.9 Å². The summed E-state index contributed by atoms with van der Waals surface area (Å²) in [5, 5.41) is 13.0. The van der Waals surface area contributed by atoms with E-state index in [1.807, 2.05) is 6.07 Å². The van der Waals surface area contributed by atoms with Gasteiger partial charge in [0.05, 0.1) is 4.47 Å². The molecule has 0 fully saturated rings. The largest absolute Gasteiger partial charge is 0.488 e. The van der Waals surface area contributed by atoms with Gasteiger partial charge < -0.3 is 10.1 Å². The van der Waals surface area contributed by atoms with Gasteiger partial charge in [0.25, 0.3) is 5.91 Å². The van der Waals surface area contributed by atoms with Crippen molar-refractivity contribution in [3.63, 3.8) is 0 Å². The van der Waals surface area contributed by atoms with E-state index in [-0.39, 0.29) is 12.2 Å². The van der Waals surface area contributed by atoms with E-state index in [1.54, 1.807) is 36.4 Å². The molecule has 0 atom stereocenters.